The SMILES string of the molecule is CCOC(=O)CC(CC=O)(OCC)C(=O)O. The van der Waals surface area contributed by atoms with Crippen LogP contribution in [0.15, 0.2) is 0 Å². The first-order chi connectivity index (χ1) is 7.52. The van der Waals surface area contributed by atoms with Crippen LogP contribution in [0.3, 0.4) is 0 Å². The van der Waals surface area contributed by atoms with Crippen molar-refractivity contribution in [1.29, 1.82) is 0 Å². The minimum Gasteiger partial charge on any atom is -0.479 e. The van der Waals surface area contributed by atoms with Crippen LogP contribution >= 0.6 is 0 Å². The van der Waals surface area contributed by atoms with Crippen LogP contribution in [-0.2, 0) is 23.9 Å². The highest BCUT2D eigenvalue weighted by Crippen LogP contribution is 2.21. The average Bonchev–Trinajstić information content (AvgIpc) is 2.18. The van der Waals surface area contributed by atoms with E-state index >= 15 is 0 Å². The predicted octanol–water partition coefficient (Wildman–Crippen LogP) is 0.388. The number of rotatable bonds is 8. The molecule has 0 saturated carbocycles. The molecular formula is C10H16O6. The highest BCUT2D eigenvalue weighted by molar-refractivity contribution is 5.87. The summed E-state index contributed by atoms with van der Waals surface area (Å²) in [6.45, 7) is 3.45. The van der Waals surface area contributed by atoms with Gasteiger partial charge >= 0.3 is 11.9 Å². The van der Waals surface area contributed by atoms with Gasteiger partial charge in [-0.05, 0) is 13.8 Å². The molecule has 6 heteroatoms. The molecule has 0 spiro atoms. The van der Waals surface area contributed by atoms with Crippen molar-refractivity contribution in [2.75, 3.05) is 13.2 Å². The van der Waals surface area contributed by atoms with Gasteiger partial charge in [0.1, 0.15) is 6.29 Å². The molecule has 0 fully saturated rings. The molecule has 0 rings (SSSR count). The van der Waals surface area contributed by atoms with Gasteiger partial charge in [-0.1, -0.05) is 0 Å². The molecule has 0 saturated heterocycles. The zero-order valence-electron chi connectivity index (χ0n) is 9.39. The fourth-order valence-electron chi connectivity index (χ4n) is 1.26. The molecular weight excluding hydrogens is 216 g/mol. The number of carbonyl (C=O) groups is 3. The van der Waals surface area contributed by atoms with Crippen molar-refractivity contribution >= 4 is 18.2 Å². The fraction of sp³-hybridized carbons (Fsp3) is 0.700. The predicted molar refractivity (Wildman–Crippen MR) is 53.9 cm³/mol. The molecule has 0 aromatic rings. The minimum absolute atomic E-state index is 0.0968. The number of ether oxygens (including phenoxy) is 2. The Labute approximate surface area is 93.5 Å². The van der Waals surface area contributed by atoms with Crippen molar-refractivity contribution in [3.63, 3.8) is 0 Å². The van der Waals surface area contributed by atoms with E-state index in [1.54, 1.807) is 13.8 Å². The molecule has 16 heavy (non-hydrogen) atoms. The Kier molecular flexibility index (Phi) is 6.32. The highest BCUT2D eigenvalue weighted by atomic mass is 16.5. The highest BCUT2D eigenvalue weighted by Gasteiger charge is 2.42. The Bertz CT molecular complexity index is 262. The van der Waals surface area contributed by atoms with Crippen LogP contribution < -0.4 is 0 Å². The van der Waals surface area contributed by atoms with E-state index < -0.39 is 24.0 Å². The molecule has 92 valence electrons. The van der Waals surface area contributed by atoms with Gasteiger partial charge in [-0.25, -0.2) is 4.79 Å². The van der Waals surface area contributed by atoms with Crippen molar-refractivity contribution in [3.05, 3.63) is 0 Å². The molecule has 0 radical (unpaired) electrons. The minimum atomic E-state index is -1.80. The van der Waals surface area contributed by atoms with Gasteiger partial charge in [-0.3, -0.25) is 4.79 Å². The molecule has 0 aliphatic rings. The Morgan fingerprint density at radius 2 is 1.94 bits per heavy atom. The van der Waals surface area contributed by atoms with Gasteiger partial charge < -0.3 is 19.4 Å². The Morgan fingerprint density at radius 3 is 2.31 bits per heavy atom. The maximum Gasteiger partial charge on any atom is 0.337 e. The number of hydrogen-bond donors (Lipinski definition) is 1. The van der Waals surface area contributed by atoms with E-state index in [2.05, 4.69) is 4.74 Å². The average molecular weight is 232 g/mol. The molecule has 0 aliphatic carbocycles. The summed E-state index contributed by atoms with van der Waals surface area (Å²) >= 11 is 0. The number of carboxylic acids is 1. The van der Waals surface area contributed by atoms with Crippen molar-refractivity contribution in [3.8, 4) is 0 Å². The van der Waals surface area contributed by atoms with E-state index in [9.17, 15) is 14.4 Å². The summed E-state index contributed by atoms with van der Waals surface area (Å²) < 4.78 is 9.66. The molecule has 0 amide bonds. The van der Waals surface area contributed by atoms with Crippen molar-refractivity contribution in [2.24, 2.45) is 0 Å². The number of carboxylic acid groups (broad SMARTS) is 1. The molecule has 1 unspecified atom stereocenters. The Balaban J connectivity index is 4.79. The van der Waals surface area contributed by atoms with Crippen LogP contribution in [0.2, 0.25) is 0 Å². The standard InChI is InChI=1S/C10H16O6/c1-3-15-8(12)7-10(5-6-11,9(13)14)16-4-2/h6H,3-5,7H2,1-2H3,(H,13,14). The first-order valence-corrected chi connectivity index (χ1v) is 4.99. The summed E-state index contributed by atoms with van der Waals surface area (Å²) in [5.41, 5.74) is -1.80. The smallest absolute Gasteiger partial charge is 0.337 e. The van der Waals surface area contributed by atoms with Gasteiger partial charge in [0.25, 0.3) is 0 Å². The van der Waals surface area contributed by atoms with Crippen LogP contribution in [0.1, 0.15) is 26.7 Å². The van der Waals surface area contributed by atoms with E-state index in [1.165, 1.54) is 0 Å². The topological polar surface area (TPSA) is 89.9 Å². The summed E-state index contributed by atoms with van der Waals surface area (Å²) in [6, 6.07) is 0. The maximum absolute atomic E-state index is 11.2. The van der Waals surface area contributed by atoms with Crippen LogP contribution in [0, 0.1) is 0 Å². The summed E-state index contributed by atoms with van der Waals surface area (Å²) in [5.74, 6) is -2.03. The third-order valence-electron chi connectivity index (χ3n) is 1.96. The lowest BCUT2D eigenvalue weighted by Gasteiger charge is -2.26. The quantitative estimate of drug-likeness (QED) is 0.481. The second-order valence-electron chi connectivity index (χ2n) is 3.09. The van der Waals surface area contributed by atoms with Gasteiger partial charge in [0, 0.05) is 13.0 Å². The summed E-state index contributed by atoms with van der Waals surface area (Å²) in [5, 5.41) is 9.01. The second kappa shape index (κ2) is 6.95. The normalized spacial score (nSPS) is 13.9. The number of esters is 1. The molecule has 0 aromatic heterocycles. The molecule has 1 atom stereocenters. The van der Waals surface area contributed by atoms with Gasteiger partial charge in [0.05, 0.1) is 13.0 Å². The third kappa shape index (κ3) is 3.98. The molecule has 1 N–H and O–H groups in total. The van der Waals surface area contributed by atoms with Gasteiger partial charge in [-0.15, -0.1) is 0 Å². The zero-order chi connectivity index (χ0) is 12.6. The summed E-state index contributed by atoms with van der Waals surface area (Å²) in [4.78, 5) is 32.7. The van der Waals surface area contributed by atoms with Crippen LogP contribution in [0.5, 0.6) is 0 Å². The molecule has 0 aliphatic heterocycles. The Hall–Kier alpha value is -1.43. The van der Waals surface area contributed by atoms with E-state index in [0.717, 1.165) is 0 Å². The van der Waals surface area contributed by atoms with E-state index in [-0.39, 0.29) is 19.6 Å². The lowest BCUT2D eigenvalue weighted by atomic mass is 9.96. The lowest BCUT2D eigenvalue weighted by Crippen LogP contribution is -2.44. The third-order valence-corrected chi connectivity index (χ3v) is 1.96. The monoisotopic (exact) mass is 232 g/mol. The number of hydrogen-bond acceptors (Lipinski definition) is 5. The van der Waals surface area contributed by atoms with E-state index in [0.29, 0.717) is 6.29 Å². The van der Waals surface area contributed by atoms with Gasteiger partial charge in [-0.2, -0.15) is 0 Å². The number of carbonyl (C=O) groups excluding carboxylic acids is 2. The lowest BCUT2D eigenvalue weighted by molar-refractivity contribution is -0.175. The van der Waals surface area contributed by atoms with Crippen LogP contribution in [0.25, 0.3) is 0 Å². The van der Waals surface area contributed by atoms with E-state index in [4.69, 9.17) is 9.84 Å². The molecule has 6 nitrogen and oxygen atoms in total. The van der Waals surface area contributed by atoms with Crippen molar-refractivity contribution in [1.82, 2.24) is 0 Å². The molecule has 0 heterocycles. The van der Waals surface area contributed by atoms with Crippen molar-refractivity contribution in [2.45, 2.75) is 32.3 Å². The molecule has 0 aromatic carbocycles. The maximum atomic E-state index is 11.2. The van der Waals surface area contributed by atoms with Gasteiger partial charge in [0.15, 0.2) is 5.60 Å². The number of aliphatic carboxylic acids is 1. The second-order valence-corrected chi connectivity index (χ2v) is 3.09. The Morgan fingerprint density at radius 1 is 1.31 bits per heavy atom. The zero-order valence-corrected chi connectivity index (χ0v) is 9.39. The fourth-order valence-corrected chi connectivity index (χ4v) is 1.26. The first-order valence-electron chi connectivity index (χ1n) is 4.99. The van der Waals surface area contributed by atoms with Crippen LogP contribution in [-0.4, -0.2) is 42.1 Å². The van der Waals surface area contributed by atoms with Gasteiger partial charge in [0.2, 0.25) is 0 Å². The summed E-state index contributed by atoms with van der Waals surface area (Å²) in [7, 11) is 0. The first kappa shape index (κ1) is 14.6. The van der Waals surface area contributed by atoms with Crippen LogP contribution in [0.4, 0.5) is 0 Å². The van der Waals surface area contributed by atoms with Crippen molar-refractivity contribution < 1.29 is 29.0 Å². The molecule has 0 bridgehead atoms. The summed E-state index contributed by atoms with van der Waals surface area (Å²) in [6.07, 6.45) is -0.430. The largest absolute Gasteiger partial charge is 0.479 e. The number of aldehydes is 1. The van der Waals surface area contributed by atoms with E-state index in [1.807, 2.05) is 0 Å².